The van der Waals surface area contributed by atoms with Crippen LogP contribution in [0, 0.1) is 0 Å². The van der Waals surface area contributed by atoms with Crippen molar-refractivity contribution in [2.24, 2.45) is 0 Å². The molecule has 0 fully saturated rings. The van der Waals surface area contributed by atoms with Crippen LogP contribution in [0.25, 0.3) is 10.9 Å². The SMILES string of the molecule is COCC(=O)Cn1cnc2cccc(Br)c2c1=O. The monoisotopic (exact) mass is 310 g/mol. The van der Waals surface area contributed by atoms with Crippen LogP contribution in [0.2, 0.25) is 0 Å². The van der Waals surface area contributed by atoms with Gasteiger partial charge in [-0.3, -0.25) is 14.2 Å². The minimum absolute atomic E-state index is 0.0135. The van der Waals surface area contributed by atoms with Gasteiger partial charge in [0, 0.05) is 11.6 Å². The summed E-state index contributed by atoms with van der Waals surface area (Å²) in [6, 6.07) is 5.33. The van der Waals surface area contributed by atoms with Crippen LogP contribution < -0.4 is 5.56 Å². The standard InChI is InChI=1S/C12H11BrN2O3/c1-18-6-8(16)5-15-7-14-10-4-2-3-9(13)11(10)12(15)17/h2-4,7H,5-6H2,1H3. The van der Waals surface area contributed by atoms with Crippen molar-refractivity contribution in [1.29, 1.82) is 0 Å². The maximum atomic E-state index is 12.2. The van der Waals surface area contributed by atoms with Gasteiger partial charge < -0.3 is 4.74 Å². The van der Waals surface area contributed by atoms with E-state index in [1.54, 1.807) is 18.2 Å². The van der Waals surface area contributed by atoms with Crippen LogP contribution in [0.1, 0.15) is 0 Å². The average Bonchev–Trinajstić information content (AvgIpc) is 2.33. The number of hydrogen-bond donors (Lipinski definition) is 0. The summed E-state index contributed by atoms with van der Waals surface area (Å²) in [5, 5.41) is 0.477. The molecule has 0 amide bonds. The van der Waals surface area contributed by atoms with E-state index >= 15 is 0 Å². The molecule has 18 heavy (non-hydrogen) atoms. The fourth-order valence-corrected chi connectivity index (χ4v) is 2.19. The Morgan fingerprint density at radius 3 is 3.00 bits per heavy atom. The smallest absolute Gasteiger partial charge is 0.262 e. The Kier molecular flexibility index (Phi) is 3.88. The third kappa shape index (κ3) is 2.49. The van der Waals surface area contributed by atoms with Crippen molar-refractivity contribution in [3.8, 4) is 0 Å². The molecule has 0 unspecified atom stereocenters. The Hall–Kier alpha value is -1.53. The quantitative estimate of drug-likeness (QED) is 0.856. The lowest BCUT2D eigenvalue weighted by Gasteiger charge is -2.06. The molecule has 0 saturated heterocycles. The summed E-state index contributed by atoms with van der Waals surface area (Å²) in [6.45, 7) is -0.0443. The Morgan fingerprint density at radius 2 is 2.28 bits per heavy atom. The lowest BCUT2D eigenvalue weighted by Crippen LogP contribution is -2.26. The van der Waals surface area contributed by atoms with Crippen LogP contribution in [0.3, 0.4) is 0 Å². The van der Waals surface area contributed by atoms with Crippen LogP contribution in [0.5, 0.6) is 0 Å². The number of ether oxygens (including phenoxy) is 1. The van der Waals surface area contributed by atoms with E-state index in [2.05, 4.69) is 20.9 Å². The van der Waals surface area contributed by atoms with Crippen molar-refractivity contribution in [1.82, 2.24) is 9.55 Å². The van der Waals surface area contributed by atoms with Gasteiger partial charge in [0.05, 0.1) is 23.8 Å². The molecule has 0 aliphatic carbocycles. The van der Waals surface area contributed by atoms with Crippen molar-refractivity contribution in [2.45, 2.75) is 6.54 Å². The molecule has 1 aromatic heterocycles. The molecule has 0 spiro atoms. The van der Waals surface area contributed by atoms with Gasteiger partial charge in [-0.25, -0.2) is 4.98 Å². The van der Waals surface area contributed by atoms with Gasteiger partial charge in [0.25, 0.3) is 5.56 Å². The maximum absolute atomic E-state index is 12.2. The molecule has 0 saturated carbocycles. The highest BCUT2D eigenvalue weighted by atomic mass is 79.9. The number of nitrogens with zero attached hydrogens (tertiary/aromatic N) is 2. The summed E-state index contributed by atoms with van der Waals surface area (Å²) in [6.07, 6.45) is 1.38. The van der Waals surface area contributed by atoms with E-state index < -0.39 is 0 Å². The molecule has 0 atom stereocenters. The van der Waals surface area contributed by atoms with Crippen LogP contribution in [-0.4, -0.2) is 29.1 Å². The molecular weight excluding hydrogens is 300 g/mol. The van der Waals surface area contributed by atoms with Gasteiger partial charge in [0.1, 0.15) is 6.61 Å². The van der Waals surface area contributed by atoms with Crippen molar-refractivity contribution in [2.75, 3.05) is 13.7 Å². The Balaban J connectivity index is 2.48. The van der Waals surface area contributed by atoms with E-state index in [9.17, 15) is 9.59 Å². The first-order valence-corrected chi connectivity index (χ1v) is 6.07. The highest BCUT2D eigenvalue weighted by molar-refractivity contribution is 9.10. The fraction of sp³-hybridized carbons (Fsp3) is 0.250. The first-order valence-electron chi connectivity index (χ1n) is 5.28. The number of Topliss-reactive ketones (excluding diaryl/α,β-unsaturated/α-hetero) is 1. The third-order valence-corrected chi connectivity index (χ3v) is 3.12. The van der Waals surface area contributed by atoms with E-state index in [1.165, 1.54) is 18.0 Å². The molecule has 6 heteroatoms. The van der Waals surface area contributed by atoms with Gasteiger partial charge in [-0.1, -0.05) is 6.07 Å². The molecule has 0 radical (unpaired) electrons. The summed E-state index contributed by atoms with van der Waals surface area (Å²) < 4.78 is 6.69. The number of hydrogen-bond acceptors (Lipinski definition) is 4. The van der Waals surface area contributed by atoms with E-state index in [4.69, 9.17) is 4.74 Å². The van der Waals surface area contributed by atoms with Gasteiger partial charge in [-0.2, -0.15) is 0 Å². The molecule has 0 bridgehead atoms. The molecule has 5 nitrogen and oxygen atoms in total. The highest BCUT2D eigenvalue weighted by Crippen LogP contribution is 2.18. The largest absolute Gasteiger partial charge is 0.377 e. The predicted molar refractivity (Wildman–Crippen MR) is 70.6 cm³/mol. The summed E-state index contributed by atoms with van der Waals surface area (Å²) in [7, 11) is 1.44. The molecule has 1 aromatic carbocycles. The number of methoxy groups -OCH3 is 1. The molecule has 0 N–H and O–H groups in total. The number of benzene rings is 1. The van der Waals surface area contributed by atoms with Crippen molar-refractivity contribution in [3.05, 3.63) is 39.4 Å². The van der Waals surface area contributed by atoms with E-state index in [0.717, 1.165) is 0 Å². The Morgan fingerprint density at radius 1 is 1.50 bits per heavy atom. The molecule has 0 aliphatic heterocycles. The number of aromatic nitrogens is 2. The average molecular weight is 311 g/mol. The second-order valence-corrected chi connectivity index (χ2v) is 4.64. The summed E-state index contributed by atoms with van der Waals surface area (Å²) in [5.74, 6) is -0.173. The van der Waals surface area contributed by atoms with Crippen LogP contribution in [0.4, 0.5) is 0 Å². The molecule has 94 valence electrons. The zero-order valence-corrected chi connectivity index (χ0v) is 11.3. The number of fused-ring (bicyclic) bond motifs is 1. The normalized spacial score (nSPS) is 10.8. The maximum Gasteiger partial charge on any atom is 0.262 e. The van der Waals surface area contributed by atoms with Crippen molar-refractivity contribution >= 4 is 32.6 Å². The number of rotatable bonds is 4. The number of carbonyl (C=O) groups excluding carboxylic acids is 1. The van der Waals surface area contributed by atoms with Crippen LogP contribution in [-0.2, 0) is 16.1 Å². The van der Waals surface area contributed by atoms with E-state index in [1.807, 2.05) is 0 Å². The Bertz CT molecular complexity index is 651. The van der Waals surface area contributed by atoms with Crippen molar-refractivity contribution in [3.63, 3.8) is 0 Å². The second-order valence-electron chi connectivity index (χ2n) is 3.78. The van der Waals surface area contributed by atoms with Gasteiger partial charge in [0.15, 0.2) is 5.78 Å². The summed E-state index contributed by atoms with van der Waals surface area (Å²) in [4.78, 5) is 27.8. The molecule has 1 heterocycles. The van der Waals surface area contributed by atoms with E-state index in [0.29, 0.717) is 15.4 Å². The van der Waals surface area contributed by atoms with Crippen LogP contribution >= 0.6 is 15.9 Å². The van der Waals surface area contributed by atoms with Gasteiger partial charge in [0.2, 0.25) is 0 Å². The molecule has 0 aliphatic rings. The van der Waals surface area contributed by atoms with E-state index in [-0.39, 0.29) is 24.5 Å². The molecule has 2 rings (SSSR count). The second kappa shape index (κ2) is 5.41. The number of halogens is 1. The minimum atomic E-state index is -0.239. The van der Waals surface area contributed by atoms with Gasteiger partial charge in [-0.05, 0) is 28.1 Å². The zero-order valence-electron chi connectivity index (χ0n) is 9.72. The van der Waals surface area contributed by atoms with Gasteiger partial charge in [-0.15, -0.1) is 0 Å². The fourth-order valence-electron chi connectivity index (χ4n) is 1.67. The lowest BCUT2D eigenvalue weighted by molar-refractivity contribution is -0.123. The molecular formula is C12H11BrN2O3. The topological polar surface area (TPSA) is 61.2 Å². The first-order chi connectivity index (χ1) is 8.63. The summed E-state index contributed by atoms with van der Waals surface area (Å²) in [5.41, 5.74) is 0.363. The van der Waals surface area contributed by atoms with Crippen molar-refractivity contribution < 1.29 is 9.53 Å². The minimum Gasteiger partial charge on any atom is -0.377 e. The summed E-state index contributed by atoms with van der Waals surface area (Å²) >= 11 is 3.32. The van der Waals surface area contributed by atoms with Gasteiger partial charge >= 0.3 is 0 Å². The number of ketones is 1. The third-order valence-electron chi connectivity index (χ3n) is 2.45. The molecule has 2 aromatic rings. The predicted octanol–water partition coefficient (Wildman–Crippen LogP) is 1.37. The first kappa shape index (κ1) is 12.9. The zero-order chi connectivity index (χ0) is 13.1. The highest BCUT2D eigenvalue weighted by Gasteiger charge is 2.09. The number of carbonyl (C=O) groups is 1. The lowest BCUT2D eigenvalue weighted by atomic mass is 10.2. The van der Waals surface area contributed by atoms with Crippen LogP contribution in [0.15, 0.2) is 33.8 Å². The Labute approximate surface area is 112 Å².